The van der Waals surface area contributed by atoms with Gasteiger partial charge in [0.2, 0.25) is 0 Å². The van der Waals surface area contributed by atoms with Gasteiger partial charge in [-0.2, -0.15) is 0 Å². The van der Waals surface area contributed by atoms with Gasteiger partial charge in [0, 0.05) is 19.3 Å². The van der Waals surface area contributed by atoms with Crippen molar-refractivity contribution in [3.63, 3.8) is 0 Å². The van der Waals surface area contributed by atoms with Gasteiger partial charge in [0.25, 0.3) is 0 Å². The SMILES string of the molecule is CC(C)=C/C(Cc1cc(C)cc(Cc2cccc(C)c2O)c1O)=C(/O)CCc1cccc(C)c1O. The van der Waals surface area contributed by atoms with E-state index in [9.17, 15) is 20.4 Å². The summed E-state index contributed by atoms with van der Waals surface area (Å²) in [6.07, 6.45) is 3.62. The standard InChI is InChI=1S/C31H36O4/c1-19(2)14-25(28(32)13-12-23-10-6-8-21(4)29(23)33)18-27-16-20(3)15-26(31(27)35)17-24-11-7-9-22(5)30(24)34/h6-11,14-16,32-35H,12-13,17-18H2,1-5H3/b28-25-. The van der Waals surface area contributed by atoms with Crippen molar-refractivity contribution in [2.45, 2.75) is 60.3 Å². The Morgan fingerprint density at radius 2 is 1.31 bits per heavy atom. The van der Waals surface area contributed by atoms with E-state index in [0.717, 1.165) is 50.1 Å². The Labute approximate surface area is 208 Å². The lowest BCUT2D eigenvalue weighted by molar-refractivity contribution is 0.379. The Balaban J connectivity index is 1.92. The van der Waals surface area contributed by atoms with E-state index in [1.54, 1.807) is 0 Å². The zero-order chi connectivity index (χ0) is 25.7. The molecule has 0 saturated carbocycles. The number of benzene rings is 3. The predicted molar refractivity (Wildman–Crippen MR) is 142 cm³/mol. The molecule has 0 fully saturated rings. The molecule has 0 aliphatic carbocycles. The van der Waals surface area contributed by atoms with E-state index in [1.807, 2.05) is 89.2 Å². The van der Waals surface area contributed by atoms with Crippen molar-refractivity contribution in [1.29, 1.82) is 0 Å². The number of phenols is 3. The molecule has 4 N–H and O–H groups in total. The topological polar surface area (TPSA) is 80.9 Å². The molecule has 0 unspecified atom stereocenters. The van der Waals surface area contributed by atoms with E-state index in [2.05, 4.69) is 0 Å². The summed E-state index contributed by atoms with van der Waals surface area (Å²) in [4.78, 5) is 0. The van der Waals surface area contributed by atoms with Gasteiger partial charge in [0.15, 0.2) is 0 Å². The summed E-state index contributed by atoms with van der Waals surface area (Å²) in [5, 5.41) is 42.9. The van der Waals surface area contributed by atoms with Crippen LogP contribution < -0.4 is 0 Å². The van der Waals surface area contributed by atoms with Crippen molar-refractivity contribution in [2.24, 2.45) is 0 Å². The van der Waals surface area contributed by atoms with Crippen molar-refractivity contribution in [1.82, 2.24) is 0 Å². The van der Waals surface area contributed by atoms with Crippen LogP contribution in [0.4, 0.5) is 0 Å². The molecule has 0 aliphatic rings. The summed E-state index contributed by atoms with van der Waals surface area (Å²) in [5.41, 5.74) is 7.42. The molecule has 3 aromatic rings. The fraction of sp³-hybridized carbons (Fsp3) is 0.290. The summed E-state index contributed by atoms with van der Waals surface area (Å²) in [6.45, 7) is 9.64. The predicted octanol–water partition coefficient (Wildman–Crippen LogP) is 7.27. The van der Waals surface area contributed by atoms with Gasteiger partial charge in [-0.25, -0.2) is 0 Å². The van der Waals surface area contributed by atoms with Gasteiger partial charge >= 0.3 is 0 Å². The quantitative estimate of drug-likeness (QED) is 0.205. The first-order valence-corrected chi connectivity index (χ1v) is 12.0. The van der Waals surface area contributed by atoms with Gasteiger partial charge in [-0.3, -0.25) is 0 Å². The first-order chi connectivity index (χ1) is 16.6. The molecule has 4 heteroatoms. The average molecular weight is 473 g/mol. The van der Waals surface area contributed by atoms with Crippen LogP contribution in [0.1, 0.15) is 59.2 Å². The average Bonchev–Trinajstić information content (AvgIpc) is 2.79. The van der Waals surface area contributed by atoms with Crippen molar-refractivity contribution >= 4 is 0 Å². The Bertz CT molecular complexity index is 1280. The fourth-order valence-electron chi connectivity index (χ4n) is 4.40. The molecule has 0 radical (unpaired) electrons. The molecule has 4 nitrogen and oxygen atoms in total. The minimum Gasteiger partial charge on any atom is -0.512 e. The molecule has 3 aromatic carbocycles. The summed E-state index contributed by atoms with van der Waals surface area (Å²) in [6, 6.07) is 15.1. The number of aliphatic hydroxyl groups is 1. The molecule has 35 heavy (non-hydrogen) atoms. The molecular weight excluding hydrogens is 436 g/mol. The Morgan fingerprint density at radius 3 is 1.94 bits per heavy atom. The van der Waals surface area contributed by atoms with Crippen molar-refractivity contribution in [3.8, 4) is 17.2 Å². The Kier molecular flexibility index (Phi) is 8.29. The molecule has 0 aliphatic heterocycles. The highest BCUT2D eigenvalue weighted by molar-refractivity contribution is 5.51. The lowest BCUT2D eigenvalue weighted by Gasteiger charge is -2.15. The monoisotopic (exact) mass is 472 g/mol. The lowest BCUT2D eigenvalue weighted by atomic mass is 9.93. The minimum atomic E-state index is 0.181. The Morgan fingerprint density at radius 1 is 0.743 bits per heavy atom. The molecule has 0 saturated heterocycles. The second-order valence-electron chi connectivity index (χ2n) is 9.64. The second-order valence-corrected chi connectivity index (χ2v) is 9.64. The molecule has 3 rings (SSSR count). The highest BCUT2D eigenvalue weighted by atomic mass is 16.3. The molecule has 0 amide bonds. The van der Waals surface area contributed by atoms with Crippen LogP contribution >= 0.6 is 0 Å². The van der Waals surface area contributed by atoms with Gasteiger partial charge in [0.1, 0.15) is 17.2 Å². The number of aromatic hydroxyl groups is 3. The maximum absolute atomic E-state index is 11.1. The van der Waals surface area contributed by atoms with Gasteiger partial charge in [-0.1, -0.05) is 65.7 Å². The molecule has 0 atom stereocenters. The van der Waals surface area contributed by atoms with Crippen molar-refractivity contribution in [3.05, 3.63) is 110 Å². The van der Waals surface area contributed by atoms with Crippen LogP contribution in [0.25, 0.3) is 0 Å². The van der Waals surface area contributed by atoms with E-state index in [1.165, 1.54) is 0 Å². The van der Waals surface area contributed by atoms with Gasteiger partial charge < -0.3 is 20.4 Å². The highest BCUT2D eigenvalue weighted by Crippen LogP contribution is 2.33. The number of hydrogen-bond donors (Lipinski definition) is 4. The molecule has 0 bridgehead atoms. The second kappa shape index (κ2) is 11.2. The van der Waals surface area contributed by atoms with Crippen LogP contribution in [0.3, 0.4) is 0 Å². The molecule has 0 spiro atoms. The van der Waals surface area contributed by atoms with Crippen LogP contribution in [0.15, 0.2) is 71.5 Å². The smallest absolute Gasteiger partial charge is 0.122 e. The van der Waals surface area contributed by atoms with Gasteiger partial charge in [-0.15, -0.1) is 0 Å². The van der Waals surface area contributed by atoms with Gasteiger partial charge in [0.05, 0.1) is 5.76 Å². The zero-order valence-corrected chi connectivity index (χ0v) is 21.3. The van der Waals surface area contributed by atoms with Crippen molar-refractivity contribution < 1.29 is 20.4 Å². The van der Waals surface area contributed by atoms with Crippen LogP contribution in [0.5, 0.6) is 17.2 Å². The van der Waals surface area contributed by atoms with Crippen LogP contribution in [-0.4, -0.2) is 20.4 Å². The molecule has 0 heterocycles. The zero-order valence-electron chi connectivity index (χ0n) is 21.3. The third-order valence-electron chi connectivity index (χ3n) is 6.28. The van der Waals surface area contributed by atoms with E-state index in [4.69, 9.17) is 0 Å². The molecular formula is C31H36O4. The number of para-hydroxylation sites is 2. The first kappa shape index (κ1) is 26.0. The largest absolute Gasteiger partial charge is 0.512 e. The summed E-state index contributed by atoms with van der Waals surface area (Å²) in [5.74, 6) is 0.938. The highest BCUT2D eigenvalue weighted by Gasteiger charge is 2.15. The molecule has 0 aromatic heterocycles. The number of rotatable bonds is 8. The van der Waals surface area contributed by atoms with E-state index >= 15 is 0 Å². The molecule has 184 valence electrons. The number of allylic oxidation sites excluding steroid dienone is 4. The number of phenolic OH excluding ortho intramolecular Hbond substituents is 3. The van der Waals surface area contributed by atoms with E-state index < -0.39 is 0 Å². The summed E-state index contributed by atoms with van der Waals surface area (Å²) in [7, 11) is 0. The van der Waals surface area contributed by atoms with Crippen LogP contribution in [0, 0.1) is 20.8 Å². The van der Waals surface area contributed by atoms with Crippen molar-refractivity contribution in [2.75, 3.05) is 0 Å². The lowest BCUT2D eigenvalue weighted by Crippen LogP contribution is -2.01. The Hall–Kier alpha value is -3.66. The summed E-state index contributed by atoms with van der Waals surface area (Å²) >= 11 is 0. The third-order valence-corrected chi connectivity index (χ3v) is 6.28. The van der Waals surface area contributed by atoms with Crippen LogP contribution in [-0.2, 0) is 19.3 Å². The van der Waals surface area contributed by atoms with E-state index in [-0.39, 0.29) is 23.0 Å². The number of hydrogen-bond acceptors (Lipinski definition) is 4. The third kappa shape index (κ3) is 6.48. The maximum atomic E-state index is 11.1. The normalized spacial score (nSPS) is 11.8. The van der Waals surface area contributed by atoms with E-state index in [0.29, 0.717) is 25.7 Å². The minimum absolute atomic E-state index is 0.181. The summed E-state index contributed by atoms with van der Waals surface area (Å²) < 4.78 is 0. The number of aliphatic hydroxyl groups excluding tert-OH is 1. The number of aryl methyl sites for hydroxylation is 4. The van der Waals surface area contributed by atoms with Crippen LogP contribution in [0.2, 0.25) is 0 Å². The van der Waals surface area contributed by atoms with Gasteiger partial charge in [-0.05, 0) is 80.0 Å². The first-order valence-electron chi connectivity index (χ1n) is 12.0. The fourth-order valence-corrected chi connectivity index (χ4v) is 4.40. The maximum Gasteiger partial charge on any atom is 0.122 e.